The highest BCUT2D eigenvalue weighted by atomic mass is 32.2. The number of benzene rings is 1. The van der Waals surface area contributed by atoms with Crippen LogP contribution in [0.3, 0.4) is 0 Å². The number of aromatic nitrogens is 2. The standard InChI is InChI=1S/C20H22N4O3S/c25-18-10-17(20(27)22-18)28-16-9-5-4-7-13(16)19(26)21-11-15-12-6-2-1-3-8-14(12)23-24-15/h4-5,7,9,17H,1-3,6,8,10-11H2,(H,21,26)(H,23,24)(H,22,25,27). The Morgan fingerprint density at radius 3 is 2.82 bits per heavy atom. The molecule has 0 spiro atoms. The normalized spacial score (nSPS) is 19.1. The third-order valence-corrected chi connectivity index (χ3v) is 6.41. The number of carbonyl (C=O) groups excluding carboxylic acids is 3. The van der Waals surface area contributed by atoms with Gasteiger partial charge in [-0.3, -0.25) is 24.8 Å². The van der Waals surface area contributed by atoms with E-state index in [-0.39, 0.29) is 24.1 Å². The highest BCUT2D eigenvalue weighted by Crippen LogP contribution is 2.31. The molecular formula is C20H22N4O3S. The van der Waals surface area contributed by atoms with Gasteiger partial charge in [0, 0.05) is 17.0 Å². The smallest absolute Gasteiger partial charge is 0.252 e. The Hall–Kier alpha value is -2.61. The molecule has 3 N–H and O–H groups in total. The summed E-state index contributed by atoms with van der Waals surface area (Å²) >= 11 is 1.25. The number of H-pyrrole nitrogens is 1. The van der Waals surface area contributed by atoms with Gasteiger partial charge >= 0.3 is 0 Å². The Kier molecular flexibility index (Phi) is 5.47. The summed E-state index contributed by atoms with van der Waals surface area (Å²) in [6, 6.07) is 7.15. The van der Waals surface area contributed by atoms with Crippen molar-refractivity contribution in [2.45, 2.75) is 55.2 Å². The van der Waals surface area contributed by atoms with E-state index in [4.69, 9.17) is 0 Å². The van der Waals surface area contributed by atoms with Crippen molar-refractivity contribution in [3.05, 3.63) is 46.8 Å². The molecule has 1 aliphatic carbocycles. The molecule has 146 valence electrons. The first-order valence-corrected chi connectivity index (χ1v) is 10.4. The molecule has 2 heterocycles. The molecular weight excluding hydrogens is 376 g/mol. The van der Waals surface area contributed by atoms with E-state index in [1.807, 2.05) is 6.07 Å². The van der Waals surface area contributed by atoms with Gasteiger partial charge in [0.05, 0.1) is 23.1 Å². The average molecular weight is 398 g/mol. The van der Waals surface area contributed by atoms with Gasteiger partial charge in [-0.2, -0.15) is 5.10 Å². The Bertz CT molecular complexity index is 924. The summed E-state index contributed by atoms with van der Waals surface area (Å²) in [5.41, 5.74) is 3.83. The molecule has 2 aliphatic rings. The Morgan fingerprint density at radius 2 is 2.00 bits per heavy atom. The fraction of sp³-hybridized carbons (Fsp3) is 0.400. The molecule has 1 aliphatic heterocycles. The van der Waals surface area contributed by atoms with Crippen LogP contribution in [0, 0.1) is 0 Å². The summed E-state index contributed by atoms with van der Waals surface area (Å²) in [5.74, 6) is -0.786. The van der Waals surface area contributed by atoms with Crippen LogP contribution in [0.2, 0.25) is 0 Å². The molecule has 28 heavy (non-hydrogen) atoms. The van der Waals surface area contributed by atoms with Crippen LogP contribution in [-0.2, 0) is 29.0 Å². The van der Waals surface area contributed by atoms with Crippen LogP contribution in [0.15, 0.2) is 29.2 Å². The molecule has 1 unspecified atom stereocenters. The van der Waals surface area contributed by atoms with Crippen LogP contribution in [0.4, 0.5) is 0 Å². The number of imide groups is 1. The lowest BCUT2D eigenvalue weighted by Gasteiger charge is -2.12. The number of nitrogens with zero attached hydrogens (tertiary/aromatic N) is 1. The Labute approximate surface area is 167 Å². The molecule has 2 aromatic rings. The highest BCUT2D eigenvalue weighted by molar-refractivity contribution is 8.00. The van der Waals surface area contributed by atoms with Gasteiger partial charge in [0.25, 0.3) is 5.91 Å². The topological polar surface area (TPSA) is 104 Å². The second-order valence-corrected chi connectivity index (χ2v) is 8.33. The quantitative estimate of drug-likeness (QED) is 0.529. The molecule has 7 nitrogen and oxygen atoms in total. The third-order valence-electron chi connectivity index (χ3n) is 5.14. The second kappa shape index (κ2) is 8.18. The number of rotatable bonds is 5. The van der Waals surface area contributed by atoms with Crippen molar-refractivity contribution in [2.75, 3.05) is 0 Å². The molecule has 0 bridgehead atoms. The average Bonchev–Trinajstić information content (AvgIpc) is 3.12. The third kappa shape index (κ3) is 3.96. The zero-order chi connectivity index (χ0) is 19.5. The van der Waals surface area contributed by atoms with Gasteiger partial charge in [0.2, 0.25) is 11.8 Å². The van der Waals surface area contributed by atoms with E-state index in [0.29, 0.717) is 17.0 Å². The minimum Gasteiger partial charge on any atom is -0.346 e. The Morgan fingerprint density at radius 1 is 1.18 bits per heavy atom. The van der Waals surface area contributed by atoms with Crippen molar-refractivity contribution in [1.29, 1.82) is 0 Å². The van der Waals surface area contributed by atoms with Crippen molar-refractivity contribution in [2.24, 2.45) is 0 Å². The van der Waals surface area contributed by atoms with Crippen LogP contribution in [0.1, 0.15) is 53.0 Å². The summed E-state index contributed by atoms with van der Waals surface area (Å²) in [6.45, 7) is 0.367. The lowest BCUT2D eigenvalue weighted by atomic mass is 10.1. The molecule has 0 radical (unpaired) electrons. The predicted molar refractivity (Wildman–Crippen MR) is 105 cm³/mol. The minimum atomic E-state index is -0.497. The molecule has 1 aromatic carbocycles. The minimum absolute atomic E-state index is 0.138. The predicted octanol–water partition coefficient (Wildman–Crippen LogP) is 2.12. The maximum atomic E-state index is 12.8. The van der Waals surface area contributed by atoms with Gasteiger partial charge in [-0.05, 0) is 43.4 Å². The van der Waals surface area contributed by atoms with E-state index >= 15 is 0 Å². The summed E-state index contributed by atoms with van der Waals surface area (Å²) in [7, 11) is 0. The van der Waals surface area contributed by atoms with Gasteiger partial charge in [0.15, 0.2) is 0 Å². The van der Waals surface area contributed by atoms with Crippen molar-refractivity contribution >= 4 is 29.5 Å². The van der Waals surface area contributed by atoms with Crippen LogP contribution in [0.5, 0.6) is 0 Å². The lowest BCUT2D eigenvalue weighted by molar-refractivity contribution is -0.124. The van der Waals surface area contributed by atoms with E-state index in [2.05, 4.69) is 20.8 Å². The number of aryl methyl sites for hydroxylation is 1. The van der Waals surface area contributed by atoms with Crippen LogP contribution >= 0.6 is 11.8 Å². The van der Waals surface area contributed by atoms with Gasteiger partial charge in [-0.1, -0.05) is 18.6 Å². The number of aromatic amines is 1. The number of carbonyl (C=O) groups is 3. The molecule has 1 atom stereocenters. The molecule has 8 heteroatoms. The maximum Gasteiger partial charge on any atom is 0.252 e. The van der Waals surface area contributed by atoms with Crippen molar-refractivity contribution in [3.63, 3.8) is 0 Å². The number of hydrogen-bond donors (Lipinski definition) is 3. The maximum absolute atomic E-state index is 12.8. The number of nitrogens with one attached hydrogen (secondary N) is 3. The first-order chi connectivity index (χ1) is 13.6. The zero-order valence-electron chi connectivity index (χ0n) is 15.4. The second-order valence-electron chi connectivity index (χ2n) is 7.09. The van der Waals surface area contributed by atoms with Gasteiger partial charge < -0.3 is 5.32 Å². The van der Waals surface area contributed by atoms with E-state index in [9.17, 15) is 14.4 Å². The number of amides is 3. The zero-order valence-corrected chi connectivity index (χ0v) is 16.2. The lowest BCUT2D eigenvalue weighted by Crippen LogP contribution is -2.25. The van der Waals surface area contributed by atoms with Crippen LogP contribution < -0.4 is 10.6 Å². The van der Waals surface area contributed by atoms with E-state index in [1.54, 1.807) is 18.2 Å². The molecule has 0 saturated carbocycles. The monoisotopic (exact) mass is 398 g/mol. The van der Waals surface area contributed by atoms with E-state index < -0.39 is 5.25 Å². The van der Waals surface area contributed by atoms with E-state index in [0.717, 1.165) is 25.0 Å². The van der Waals surface area contributed by atoms with Crippen molar-refractivity contribution in [3.8, 4) is 0 Å². The molecule has 1 saturated heterocycles. The van der Waals surface area contributed by atoms with Crippen molar-refractivity contribution in [1.82, 2.24) is 20.8 Å². The first kappa shape index (κ1) is 18.7. The van der Waals surface area contributed by atoms with Gasteiger partial charge in [-0.25, -0.2) is 0 Å². The fourth-order valence-electron chi connectivity index (χ4n) is 3.67. The molecule has 3 amide bonds. The van der Waals surface area contributed by atoms with Crippen molar-refractivity contribution < 1.29 is 14.4 Å². The van der Waals surface area contributed by atoms with Gasteiger partial charge in [0.1, 0.15) is 0 Å². The molecule has 1 aromatic heterocycles. The highest BCUT2D eigenvalue weighted by Gasteiger charge is 2.32. The van der Waals surface area contributed by atoms with Crippen LogP contribution in [0.25, 0.3) is 0 Å². The molecule has 4 rings (SSSR count). The van der Waals surface area contributed by atoms with Gasteiger partial charge in [-0.15, -0.1) is 11.8 Å². The first-order valence-electron chi connectivity index (χ1n) is 9.54. The largest absolute Gasteiger partial charge is 0.346 e. The SMILES string of the molecule is O=C1CC(Sc2ccccc2C(=O)NCc2n[nH]c3c2CCCCC3)C(=O)N1. The van der Waals surface area contributed by atoms with Crippen LogP contribution in [-0.4, -0.2) is 33.2 Å². The summed E-state index contributed by atoms with van der Waals surface area (Å²) < 4.78 is 0. The Balaban J connectivity index is 1.45. The summed E-state index contributed by atoms with van der Waals surface area (Å²) in [5, 5.41) is 12.3. The number of fused-ring (bicyclic) bond motifs is 1. The number of thioether (sulfide) groups is 1. The number of hydrogen-bond acceptors (Lipinski definition) is 5. The fourth-order valence-corrected chi connectivity index (χ4v) is 4.82. The van der Waals surface area contributed by atoms with E-state index in [1.165, 1.54) is 35.9 Å². The summed E-state index contributed by atoms with van der Waals surface area (Å²) in [6.07, 6.45) is 5.68. The molecule has 1 fully saturated rings. The summed E-state index contributed by atoms with van der Waals surface area (Å²) in [4.78, 5) is 36.7.